The molecule has 0 bridgehead atoms. The van der Waals surface area contributed by atoms with Gasteiger partial charge in [0.1, 0.15) is 17.0 Å². The van der Waals surface area contributed by atoms with Crippen molar-refractivity contribution in [2.75, 3.05) is 13.0 Å². The molecule has 0 N–H and O–H groups in total. The van der Waals surface area contributed by atoms with Crippen LogP contribution in [0.2, 0.25) is 0 Å². The van der Waals surface area contributed by atoms with Crippen LogP contribution >= 0.6 is 11.6 Å². The molecule has 0 spiro atoms. The number of rotatable bonds is 2. The normalized spacial score (nSPS) is 17.0. The minimum absolute atomic E-state index is 0.228. The summed E-state index contributed by atoms with van der Waals surface area (Å²) in [6, 6.07) is 9.83. The minimum atomic E-state index is 0.228. The third-order valence-electron chi connectivity index (χ3n) is 2.74. The monoisotopic (exact) mass is 263 g/mol. The number of hydrogen-bond donors (Lipinski definition) is 0. The van der Waals surface area contributed by atoms with Gasteiger partial charge in [0, 0.05) is 29.8 Å². The zero-order chi connectivity index (χ0) is 13.0. The third-order valence-corrected chi connectivity index (χ3v) is 3.12. The number of ether oxygens (including phenoxy) is 1. The molecule has 0 saturated heterocycles. The number of alkyl halides is 1. The Morgan fingerprint density at radius 2 is 2.11 bits per heavy atom. The van der Waals surface area contributed by atoms with Crippen LogP contribution in [0.3, 0.4) is 0 Å². The first-order valence-corrected chi connectivity index (χ1v) is 6.26. The van der Waals surface area contributed by atoms with E-state index in [2.05, 4.69) is 4.98 Å². The lowest BCUT2D eigenvalue weighted by molar-refractivity contribution is -0.110. The summed E-state index contributed by atoms with van der Waals surface area (Å²) in [6.07, 6.45) is 2.49. The van der Waals surface area contributed by atoms with Crippen LogP contribution in [0.25, 0.3) is 10.9 Å². The molecule has 1 aromatic carbocycles. The number of para-hydroxylation sites is 1. The number of benzene rings is 1. The highest BCUT2D eigenvalue weighted by atomic mass is 35.5. The molecule has 3 rings (SSSR count). The van der Waals surface area contributed by atoms with Gasteiger partial charge in [0.15, 0.2) is 0 Å². The standard InChI is InChI=1S/C10H9NO.C4H5ClO/c1-12-9-6-2-4-8-5-3-7-11-10(8)9;5-2-3-1-4(3)6/h2-7H,1H3;3H,1-2H2. The molecule has 1 heterocycles. The summed E-state index contributed by atoms with van der Waals surface area (Å²) in [7, 11) is 1.66. The number of aromatic nitrogens is 1. The second-order valence-electron chi connectivity index (χ2n) is 4.06. The number of methoxy groups -OCH3 is 1. The predicted octanol–water partition coefficient (Wildman–Crippen LogP) is 3.06. The quantitative estimate of drug-likeness (QED) is 0.782. The zero-order valence-corrected chi connectivity index (χ0v) is 10.9. The van der Waals surface area contributed by atoms with E-state index in [-0.39, 0.29) is 5.92 Å². The smallest absolute Gasteiger partial charge is 0.145 e. The fraction of sp³-hybridized carbons (Fsp3) is 0.286. The van der Waals surface area contributed by atoms with Crippen molar-refractivity contribution < 1.29 is 9.53 Å². The van der Waals surface area contributed by atoms with E-state index < -0.39 is 0 Å². The highest BCUT2D eigenvalue weighted by molar-refractivity contribution is 6.21. The van der Waals surface area contributed by atoms with Crippen LogP contribution in [0.5, 0.6) is 5.75 Å². The number of fused-ring (bicyclic) bond motifs is 1. The van der Waals surface area contributed by atoms with Crippen LogP contribution in [0.1, 0.15) is 6.42 Å². The van der Waals surface area contributed by atoms with Gasteiger partial charge in [-0.25, -0.2) is 0 Å². The molecule has 94 valence electrons. The van der Waals surface area contributed by atoms with Crippen molar-refractivity contribution in [2.24, 2.45) is 5.92 Å². The Morgan fingerprint density at radius 1 is 1.39 bits per heavy atom. The van der Waals surface area contributed by atoms with Crippen molar-refractivity contribution in [3.8, 4) is 5.75 Å². The molecule has 0 amide bonds. The first-order chi connectivity index (χ1) is 8.76. The molecule has 4 heteroatoms. The molecule has 1 aromatic heterocycles. The van der Waals surface area contributed by atoms with Crippen LogP contribution in [0.15, 0.2) is 36.5 Å². The number of nitrogens with zero attached hydrogens (tertiary/aromatic N) is 1. The van der Waals surface area contributed by atoms with E-state index in [1.54, 1.807) is 13.3 Å². The largest absolute Gasteiger partial charge is 0.494 e. The van der Waals surface area contributed by atoms with Crippen molar-refractivity contribution in [1.29, 1.82) is 0 Å². The summed E-state index contributed by atoms with van der Waals surface area (Å²) in [5, 5.41) is 1.11. The lowest BCUT2D eigenvalue weighted by atomic mass is 10.2. The highest BCUT2D eigenvalue weighted by Gasteiger charge is 2.32. The lowest BCUT2D eigenvalue weighted by Gasteiger charge is -2.02. The minimum Gasteiger partial charge on any atom is -0.494 e. The first kappa shape index (κ1) is 12.8. The second kappa shape index (κ2) is 5.83. The van der Waals surface area contributed by atoms with E-state index in [1.807, 2.05) is 30.3 Å². The van der Waals surface area contributed by atoms with Crippen LogP contribution in [-0.2, 0) is 4.79 Å². The maximum atomic E-state index is 10.0. The average Bonchev–Trinajstić information content (AvgIpc) is 3.15. The Morgan fingerprint density at radius 3 is 2.67 bits per heavy atom. The van der Waals surface area contributed by atoms with Crippen LogP contribution < -0.4 is 4.74 Å². The summed E-state index contributed by atoms with van der Waals surface area (Å²) >= 11 is 5.27. The fourth-order valence-corrected chi connectivity index (χ4v) is 1.85. The van der Waals surface area contributed by atoms with Crippen LogP contribution in [0, 0.1) is 5.92 Å². The van der Waals surface area contributed by atoms with Gasteiger partial charge in [-0.1, -0.05) is 18.2 Å². The molecule has 3 nitrogen and oxygen atoms in total. The molecule has 1 saturated carbocycles. The van der Waals surface area contributed by atoms with Gasteiger partial charge >= 0.3 is 0 Å². The van der Waals surface area contributed by atoms with Crippen molar-refractivity contribution in [1.82, 2.24) is 4.98 Å². The van der Waals surface area contributed by atoms with Gasteiger partial charge in [-0.2, -0.15) is 0 Å². The van der Waals surface area contributed by atoms with Gasteiger partial charge in [-0.05, 0) is 12.1 Å². The van der Waals surface area contributed by atoms with E-state index in [4.69, 9.17) is 16.3 Å². The summed E-state index contributed by atoms with van der Waals surface area (Å²) in [5.41, 5.74) is 0.919. The van der Waals surface area contributed by atoms with E-state index in [0.717, 1.165) is 23.1 Å². The molecule has 1 aliphatic rings. The summed E-state index contributed by atoms with van der Waals surface area (Å²) in [5.74, 6) is 1.91. The molecule has 0 aliphatic heterocycles. The molecule has 1 unspecified atom stereocenters. The lowest BCUT2D eigenvalue weighted by Crippen LogP contribution is -1.85. The van der Waals surface area contributed by atoms with E-state index in [0.29, 0.717) is 11.7 Å². The fourth-order valence-electron chi connectivity index (χ4n) is 1.57. The maximum Gasteiger partial charge on any atom is 0.145 e. The Kier molecular flexibility index (Phi) is 4.15. The number of Topliss-reactive ketones (excluding diaryl/α,β-unsaturated/α-hetero) is 1. The van der Waals surface area contributed by atoms with Crippen LogP contribution in [-0.4, -0.2) is 23.8 Å². The number of hydrogen-bond acceptors (Lipinski definition) is 3. The van der Waals surface area contributed by atoms with Gasteiger partial charge in [0.25, 0.3) is 0 Å². The summed E-state index contributed by atoms with van der Waals surface area (Å²) < 4.78 is 5.16. The highest BCUT2D eigenvalue weighted by Crippen LogP contribution is 2.24. The second-order valence-corrected chi connectivity index (χ2v) is 4.37. The first-order valence-electron chi connectivity index (χ1n) is 5.72. The Labute approximate surface area is 111 Å². The number of ketones is 1. The van der Waals surface area contributed by atoms with Gasteiger partial charge in [0.05, 0.1) is 7.11 Å². The van der Waals surface area contributed by atoms with Gasteiger partial charge in [0.2, 0.25) is 0 Å². The molecule has 2 aromatic rings. The summed E-state index contributed by atoms with van der Waals surface area (Å²) in [6.45, 7) is 0. The summed E-state index contributed by atoms with van der Waals surface area (Å²) in [4.78, 5) is 14.3. The molecule has 1 atom stereocenters. The van der Waals surface area contributed by atoms with Gasteiger partial charge in [-0.3, -0.25) is 9.78 Å². The SMILES string of the molecule is COc1cccc2cccnc12.O=C1CC1CCl. The molecule has 1 fully saturated rings. The third kappa shape index (κ3) is 2.99. The van der Waals surface area contributed by atoms with Crippen molar-refractivity contribution in [2.45, 2.75) is 6.42 Å². The van der Waals surface area contributed by atoms with Crippen molar-refractivity contribution in [3.63, 3.8) is 0 Å². The average molecular weight is 264 g/mol. The molecule has 0 radical (unpaired) electrons. The van der Waals surface area contributed by atoms with Gasteiger partial charge < -0.3 is 4.74 Å². The molecular weight excluding hydrogens is 250 g/mol. The number of pyridine rings is 1. The van der Waals surface area contributed by atoms with E-state index in [1.165, 1.54) is 0 Å². The molecule has 1 aliphatic carbocycles. The Balaban J connectivity index is 0.000000169. The zero-order valence-electron chi connectivity index (χ0n) is 10.1. The number of halogens is 1. The number of carbonyl (C=O) groups excluding carboxylic acids is 1. The predicted molar refractivity (Wildman–Crippen MR) is 72.1 cm³/mol. The van der Waals surface area contributed by atoms with E-state index >= 15 is 0 Å². The van der Waals surface area contributed by atoms with Crippen molar-refractivity contribution >= 4 is 28.3 Å². The Hall–Kier alpha value is -1.61. The Bertz CT molecular complexity index is 551. The van der Waals surface area contributed by atoms with Crippen LogP contribution in [0.4, 0.5) is 0 Å². The van der Waals surface area contributed by atoms with Gasteiger partial charge in [-0.15, -0.1) is 11.6 Å². The van der Waals surface area contributed by atoms with E-state index in [9.17, 15) is 4.79 Å². The molecule has 18 heavy (non-hydrogen) atoms. The molecular formula is C14H14ClNO2. The number of carbonyl (C=O) groups is 1. The van der Waals surface area contributed by atoms with Crippen molar-refractivity contribution in [3.05, 3.63) is 36.5 Å². The maximum absolute atomic E-state index is 10.0. The topological polar surface area (TPSA) is 39.2 Å².